The van der Waals surface area contributed by atoms with Crippen LogP contribution >= 0.6 is 12.4 Å². The van der Waals surface area contributed by atoms with Crippen molar-refractivity contribution < 1.29 is 13.9 Å². The number of hydrogen-bond acceptors (Lipinski definition) is 4. The van der Waals surface area contributed by atoms with Gasteiger partial charge >= 0.3 is 0 Å². The van der Waals surface area contributed by atoms with Gasteiger partial charge in [0, 0.05) is 19.6 Å². The summed E-state index contributed by atoms with van der Waals surface area (Å²) in [5, 5.41) is 3.31. The Morgan fingerprint density at radius 3 is 2.86 bits per heavy atom. The Balaban J connectivity index is 0.00000144. The molecule has 22 heavy (non-hydrogen) atoms. The summed E-state index contributed by atoms with van der Waals surface area (Å²) in [6.45, 7) is 2.83. The molecule has 0 aliphatic carbocycles. The van der Waals surface area contributed by atoms with Gasteiger partial charge in [0.2, 0.25) is 0 Å². The van der Waals surface area contributed by atoms with E-state index in [1.54, 1.807) is 6.26 Å². The van der Waals surface area contributed by atoms with Gasteiger partial charge in [-0.2, -0.15) is 0 Å². The smallest absolute Gasteiger partial charge is 0.258 e. The van der Waals surface area contributed by atoms with Crippen LogP contribution < -0.4 is 10.1 Å². The maximum atomic E-state index is 12.8. The molecule has 2 aliphatic rings. The van der Waals surface area contributed by atoms with Gasteiger partial charge < -0.3 is 19.4 Å². The minimum Gasteiger partial charge on any atom is -0.490 e. The van der Waals surface area contributed by atoms with Crippen LogP contribution in [0, 0.1) is 0 Å². The van der Waals surface area contributed by atoms with Crippen LogP contribution in [-0.4, -0.2) is 43.1 Å². The van der Waals surface area contributed by atoms with Crippen molar-refractivity contribution in [3.05, 3.63) is 42.2 Å². The Kier molecular flexibility index (Phi) is 4.09. The minimum atomic E-state index is 0. The van der Waals surface area contributed by atoms with Gasteiger partial charge in [-0.1, -0.05) is 6.07 Å². The maximum absolute atomic E-state index is 12.8. The molecular weight excluding hydrogens is 304 g/mol. The molecule has 1 N–H and O–H groups in total. The number of furan rings is 1. The molecule has 0 saturated carbocycles. The molecule has 6 heteroatoms. The SMILES string of the molecule is Cl.O=C1c2cccc(-c3ccco3)c2OCC2CNCCN12. The lowest BCUT2D eigenvalue weighted by atomic mass is 10.1. The van der Waals surface area contributed by atoms with Gasteiger partial charge in [0.05, 0.1) is 23.4 Å². The second kappa shape index (κ2) is 6.02. The first-order chi connectivity index (χ1) is 10.3. The van der Waals surface area contributed by atoms with Crippen molar-refractivity contribution in [1.82, 2.24) is 10.2 Å². The van der Waals surface area contributed by atoms with Crippen LogP contribution in [0.4, 0.5) is 0 Å². The van der Waals surface area contributed by atoms with E-state index < -0.39 is 0 Å². The van der Waals surface area contributed by atoms with Crippen molar-refractivity contribution in [1.29, 1.82) is 0 Å². The summed E-state index contributed by atoms with van der Waals surface area (Å²) < 4.78 is 11.4. The van der Waals surface area contributed by atoms with Gasteiger partial charge in [0.15, 0.2) is 0 Å². The molecule has 1 fully saturated rings. The highest BCUT2D eigenvalue weighted by Crippen LogP contribution is 2.36. The second-order valence-corrected chi connectivity index (χ2v) is 5.33. The predicted molar refractivity (Wildman–Crippen MR) is 84.6 cm³/mol. The quantitative estimate of drug-likeness (QED) is 0.875. The summed E-state index contributed by atoms with van der Waals surface area (Å²) >= 11 is 0. The highest BCUT2D eigenvalue weighted by Gasteiger charge is 2.33. The zero-order valence-corrected chi connectivity index (χ0v) is 12.8. The molecule has 0 spiro atoms. The van der Waals surface area contributed by atoms with Crippen LogP contribution in [0.5, 0.6) is 5.75 Å². The molecule has 1 saturated heterocycles. The Hall–Kier alpha value is -1.98. The van der Waals surface area contributed by atoms with Crippen molar-refractivity contribution in [2.45, 2.75) is 6.04 Å². The third kappa shape index (κ3) is 2.36. The van der Waals surface area contributed by atoms with Crippen molar-refractivity contribution in [3.8, 4) is 17.1 Å². The van der Waals surface area contributed by atoms with E-state index in [-0.39, 0.29) is 24.4 Å². The van der Waals surface area contributed by atoms with Crippen LogP contribution in [0.3, 0.4) is 0 Å². The van der Waals surface area contributed by atoms with Gasteiger partial charge in [-0.25, -0.2) is 0 Å². The second-order valence-electron chi connectivity index (χ2n) is 5.33. The molecule has 3 heterocycles. The molecule has 2 aliphatic heterocycles. The minimum absolute atomic E-state index is 0. The Morgan fingerprint density at radius 1 is 1.18 bits per heavy atom. The lowest BCUT2D eigenvalue weighted by molar-refractivity contribution is 0.0606. The maximum Gasteiger partial charge on any atom is 0.258 e. The fourth-order valence-electron chi connectivity index (χ4n) is 3.00. The normalized spacial score (nSPS) is 20.3. The Labute approximate surface area is 134 Å². The summed E-state index contributed by atoms with van der Waals surface area (Å²) in [5.41, 5.74) is 1.45. The number of hydrogen-bond donors (Lipinski definition) is 1. The van der Waals surface area contributed by atoms with Crippen LogP contribution in [0.25, 0.3) is 11.3 Å². The van der Waals surface area contributed by atoms with Gasteiger partial charge in [-0.15, -0.1) is 12.4 Å². The summed E-state index contributed by atoms with van der Waals surface area (Å²) in [7, 11) is 0. The van der Waals surface area contributed by atoms with Crippen LogP contribution in [-0.2, 0) is 0 Å². The predicted octanol–water partition coefficient (Wildman–Crippen LogP) is 2.17. The first-order valence-electron chi connectivity index (χ1n) is 7.16. The highest BCUT2D eigenvalue weighted by atomic mass is 35.5. The third-order valence-corrected chi connectivity index (χ3v) is 4.06. The topological polar surface area (TPSA) is 54.7 Å². The van der Waals surface area contributed by atoms with Crippen LogP contribution in [0.1, 0.15) is 10.4 Å². The fraction of sp³-hybridized carbons (Fsp3) is 0.312. The molecule has 0 radical (unpaired) electrons. The molecule has 0 bridgehead atoms. The molecule has 1 aromatic carbocycles. The van der Waals surface area contributed by atoms with Crippen LogP contribution in [0.2, 0.25) is 0 Å². The van der Waals surface area contributed by atoms with E-state index in [1.165, 1.54) is 0 Å². The number of nitrogens with zero attached hydrogens (tertiary/aromatic N) is 1. The Bertz CT molecular complexity index is 672. The number of carbonyl (C=O) groups is 1. The van der Waals surface area contributed by atoms with Crippen LogP contribution in [0.15, 0.2) is 41.0 Å². The van der Waals surface area contributed by atoms with E-state index in [0.717, 1.165) is 31.0 Å². The summed E-state index contributed by atoms with van der Waals surface area (Å²) in [4.78, 5) is 14.7. The van der Waals surface area contributed by atoms with Gasteiger partial charge in [-0.3, -0.25) is 4.79 Å². The number of benzene rings is 1. The average Bonchev–Trinajstić information content (AvgIpc) is 3.02. The van der Waals surface area contributed by atoms with Crippen molar-refractivity contribution in [2.24, 2.45) is 0 Å². The van der Waals surface area contributed by atoms with E-state index in [0.29, 0.717) is 17.9 Å². The summed E-state index contributed by atoms with van der Waals surface area (Å²) in [5.74, 6) is 1.40. The fourth-order valence-corrected chi connectivity index (χ4v) is 3.00. The number of rotatable bonds is 1. The monoisotopic (exact) mass is 320 g/mol. The number of carbonyl (C=O) groups excluding carboxylic acids is 1. The summed E-state index contributed by atoms with van der Waals surface area (Å²) in [6.07, 6.45) is 1.63. The van der Waals surface area contributed by atoms with Crippen molar-refractivity contribution >= 4 is 18.3 Å². The van der Waals surface area contributed by atoms with Gasteiger partial charge in [0.1, 0.15) is 18.1 Å². The lowest BCUT2D eigenvalue weighted by Crippen LogP contribution is -2.54. The molecule has 1 atom stereocenters. The molecular formula is C16H17ClN2O3. The number of ether oxygens (including phenoxy) is 1. The first-order valence-corrected chi connectivity index (χ1v) is 7.16. The van der Waals surface area contributed by atoms with E-state index in [2.05, 4.69) is 5.32 Å². The first kappa shape index (κ1) is 14.9. The molecule has 1 aromatic heterocycles. The number of halogens is 1. The zero-order valence-electron chi connectivity index (χ0n) is 12.0. The zero-order chi connectivity index (χ0) is 14.2. The summed E-state index contributed by atoms with van der Waals surface area (Å²) in [6, 6.07) is 9.43. The molecule has 1 amide bonds. The molecule has 2 aromatic rings. The standard InChI is InChI=1S/C16H16N2O3.ClH/c19-16-13-4-1-3-12(14-5-2-8-20-14)15(13)21-10-11-9-17-6-7-18(11)16;/h1-5,8,11,17H,6-7,9-10H2;1H. The average molecular weight is 321 g/mol. The van der Waals surface area contributed by atoms with E-state index >= 15 is 0 Å². The van der Waals surface area contributed by atoms with Gasteiger partial charge in [0.25, 0.3) is 5.91 Å². The highest BCUT2D eigenvalue weighted by molar-refractivity contribution is 5.99. The number of fused-ring (bicyclic) bond motifs is 2. The largest absolute Gasteiger partial charge is 0.490 e. The molecule has 4 rings (SSSR count). The lowest BCUT2D eigenvalue weighted by Gasteiger charge is -2.33. The number of piperazine rings is 1. The number of para-hydroxylation sites is 1. The Morgan fingerprint density at radius 2 is 2.05 bits per heavy atom. The number of amides is 1. The van der Waals surface area contributed by atoms with E-state index in [1.807, 2.05) is 35.2 Å². The van der Waals surface area contributed by atoms with E-state index in [4.69, 9.17) is 9.15 Å². The van der Waals surface area contributed by atoms with E-state index in [9.17, 15) is 4.79 Å². The van der Waals surface area contributed by atoms with Crippen molar-refractivity contribution in [2.75, 3.05) is 26.2 Å². The van der Waals surface area contributed by atoms with Crippen molar-refractivity contribution in [3.63, 3.8) is 0 Å². The third-order valence-electron chi connectivity index (χ3n) is 4.06. The molecule has 5 nitrogen and oxygen atoms in total. The number of nitrogens with one attached hydrogen (secondary N) is 1. The molecule has 116 valence electrons. The molecule has 1 unspecified atom stereocenters. The van der Waals surface area contributed by atoms with Gasteiger partial charge in [-0.05, 0) is 24.3 Å².